The van der Waals surface area contributed by atoms with Gasteiger partial charge >= 0.3 is 11.8 Å². The fourth-order valence-electron chi connectivity index (χ4n) is 2.63. The fourth-order valence-corrected chi connectivity index (χ4v) is 2.63. The molecule has 26 heavy (non-hydrogen) atoms. The van der Waals surface area contributed by atoms with Crippen LogP contribution in [0.1, 0.15) is 31.9 Å². The summed E-state index contributed by atoms with van der Waals surface area (Å²) in [7, 11) is 0. The van der Waals surface area contributed by atoms with E-state index in [4.69, 9.17) is 4.74 Å². The van der Waals surface area contributed by atoms with Gasteiger partial charge in [0.25, 0.3) is 0 Å². The number of rotatable bonds is 5. The van der Waals surface area contributed by atoms with Crippen molar-refractivity contribution < 1.29 is 19.2 Å². The van der Waals surface area contributed by atoms with Crippen molar-refractivity contribution in [2.45, 2.75) is 26.2 Å². The van der Waals surface area contributed by atoms with Gasteiger partial charge in [-0.1, -0.05) is 45.0 Å². The van der Waals surface area contributed by atoms with Crippen LogP contribution in [0.5, 0.6) is 0 Å². The summed E-state index contributed by atoms with van der Waals surface area (Å²) in [5, 5.41) is 6.46. The molecule has 2 amide bonds. The van der Waals surface area contributed by atoms with Crippen LogP contribution in [0, 0.1) is 0 Å². The first-order chi connectivity index (χ1) is 12.4. The van der Waals surface area contributed by atoms with Crippen LogP contribution in [0.3, 0.4) is 0 Å². The van der Waals surface area contributed by atoms with Crippen LogP contribution in [0.2, 0.25) is 0 Å². The number of amides is 2. The Morgan fingerprint density at radius 1 is 1.15 bits per heavy atom. The zero-order valence-electron chi connectivity index (χ0n) is 15.8. The maximum absolute atomic E-state index is 11.8. The number of hydrazone groups is 1. The lowest BCUT2D eigenvalue weighted by molar-refractivity contribution is -0.906. The zero-order valence-corrected chi connectivity index (χ0v) is 15.8. The average Bonchev–Trinajstić information content (AvgIpc) is 2.62. The minimum absolute atomic E-state index is 0.0882. The summed E-state index contributed by atoms with van der Waals surface area (Å²) in [6, 6.07) is 7.93. The lowest BCUT2D eigenvalue weighted by Gasteiger charge is -2.23. The topological polar surface area (TPSA) is 84.2 Å². The summed E-state index contributed by atoms with van der Waals surface area (Å²) in [6.07, 6.45) is 1.52. The first-order valence-corrected chi connectivity index (χ1v) is 8.99. The first kappa shape index (κ1) is 20.1. The molecule has 0 atom stereocenters. The van der Waals surface area contributed by atoms with E-state index in [9.17, 15) is 9.59 Å². The van der Waals surface area contributed by atoms with Crippen molar-refractivity contribution in [2.75, 3.05) is 39.4 Å². The third-order valence-corrected chi connectivity index (χ3v) is 4.33. The SMILES string of the molecule is CC(C)(C)c1ccc(/C=N\NC(=O)C(=O)NCC[NH+]2CCOCC2)cc1. The van der Waals surface area contributed by atoms with E-state index in [-0.39, 0.29) is 5.41 Å². The Kier molecular flexibility index (Phi) is 7.29. The van der Waals surface area contributed by atoms with Gasteiger partial charge in [0, 0.05) is 0 Å². The number of morpholine rings is 1. The molecule has 1 heterocycles. The molecule has 0 unspecified atom stereocenters. The van der Waals surface area contributed by atoms with E-state index >= 15 is 0 Å². The Morgan fingerprint density at radius 3 is 2.42 bits per heavy atom. The molecule has 1 saturated heterocycles. The predicted octanol–water partition coefficient (Wildman–Crippen LogP) is -0.534. The molecule has 1 fully saturated rings. The summed E-state index contributed by atoms with van der Waals surface area (Å²) < 4.78 is 5.28. The summed E-state index contributed by atoms with van der Waals surface area (Å²) in [6.45, 7) is 11.0. The van der Waals surface area contributed by atoms with Gasteiger partial charge in [-0.25, -0.2) is 5.43 Å². The maximum Gasteiger partial charge on any atom is 0.329 e. The molecule has 0 aliphatic carbocycles. The van der Waals surface area contributed by atoms with E-state index in [1.54, 1.807) is 0 Å². The molecule has 0 saturated carbocycles. The quantitative estimate of drug-likeness (QED) is 0.374. The summed E-state index contributed by atoms with van der Waals surface area (Å²) in [4.78, 5) is 24.9. The molecule has 0 spiro atoms. The molecule has 0 aromatic heterocycles. The van der Waals surface area contributed by atoms with Gasteiger partial charge in [0.2, 0.25) is 0 Å². The van der Waals surface area contributed by atoms with Gasteiger partial charge in [-0.3, -0.25) is 9.59 Å². The number of carbonyl (C=O) groups is 2. The second-order valence-electron chi connectivity index (χ2n) is 7.44. The largest absolute Gasteiger partial charge is 0.370 e. The number of quaternary nitrogens is 1. The van der Waals surface area contributed by atoms with E-state index in [2.05, 4.69) is 36.6 Å². The molecular weight excluding hydrogens is 332 g/mol. The minimum atomic E-state index is -0.760. The summed E-state index contributed by atoms with van der Waals surface area (Å²) in [5.41, 5.74) is 4.42. The average molecular weight is 361 g/mol. The van der Waals surface area contributed by atoms with Gasteiger partial charge in [0.05, 0.1) is 32.5 Å². The molecule has 1 aliphatic heterocycles. The molecule has 0 bridgehead atoms. The zero-order chi connectivity index (χ0) is 19.0. The summed E-state index contributed by atoms with van der Waals surface area (Å²) >= 11 is 0. The lowest BCUT2D eigenvalue weighted by Crippen LogP contribution is -3.14. The number of nitrogens with zero attached hydrogens (tertiary/aromatic N) is 1. The Labute approximate surface area is 154 Å². The van der Waals surface area contributed by atoms with Gasteiger partial charge in [0.15, 0.2) is 0 Å². The van der Waals surface area contributed by atoms with Crippen molar-refractivity contribution in [2.24, 2.45) is 5.10 Å². The fraction of sp³-hybridized carbons (Fsp3) is 0.526. The third kappa shape index (κ3) is 6.57. The van der Waals surface area contributed by atoms with Crippen molar-refractivity contribution in [1.82, 2.24) is 10.7 Å². The normalized spacial score (nSPS) is 15.8. The lowest BCUT2D eigenvalue weighted by atomic mass is 9.87. The van der Waals surface area contributed by atoms with E-state index in [1.807, 2.05) is 24.3 Å². The second kappa shape index (κ2) is 9.45. The highest BCUT2D eigenvalue weighted by Gasteiger charge is 2.16. The monoisotopic (exact) mass is 361 g/mol. The van der Waals surface area contributed by atoms with Crippen LogP contribution in [-0.2, 0) is 19.7 Å². The standard InChI is InChI=1S/C19H28N4O3/c1-19(2,3)16-6-4-15(5-7-16)14-21-22-18(25)17(24)20-8-9-23-10-12-26-13-11-23/h4-7,14H,8-13H2,1-3H3,(H,20,24)(H,22,25)/p+1/b21-14-. The van der Waals surface area contributed by atoms with E-state index < -0.39 is 11.8 Å². The minimum Gasteiger partial charge on any atom is -0.370 e. The van der Waals surface area contributed by atoms with Gasteiger partial charge in [0.1, 0.15) is 13.1 Å². The Hall–Kier alpha value is -2.25. The van der Waals surface area contributed by atoms with E-state index in [1.165, 1.54) is 16.7 Å². The number of hydrogen-bond donors (Lipinski definition) is 3. The number of carbonyl (C=O) groups excluding carboxylic acids is 2. The second-order valence-corrected chi connectivity index (χ2v) is 7.44. The molecule has 7 heteroatoms. The Bertz CT molecular complexity index is 629. The Balaban J connectivity index is 1.71. The van der Waals surface area contributed by atoms with Crippen LogP contribution in [-0.4, -0.2) is 57.4 Å². The van der Waals surface area contributed by atoms with E-state index in [0.29, 0.717) is 6.54 Å². The molecule has 3 N–H and O–H groups in total. The molecule has 7 nitrogen and oxygen atoms in total. The molecule has 0 radical (unpaired) electrons. The van der Waals surface area contributed by atoms with E-state index in [0.717, 1.165) is 38.4 Å². The number of ether oxygens (including phenoxy) is 1. The molecule has 1 aliphatic rings. The number of benzene rings is 1. The van der Waals surface area contributed by atoms with Gasteiger partial charge in [-0.15, -0.1) is 0 Å². The third-order valence-electron chi connectivity index (χ3n) is 4.33. The van der Waals surface area contributed by atoms with Crippen molar-refractivity contribution >= 4 is 18.0 Å². The van der Waals surface area contributed by atoms with Crippen LogP contribution < -0.4 is 15.6 Å². The highest BCUT2D eigenvalue weighted by atomic mass is 16.5. The first-order valence-electron chi connectivity index (χ1n) is 8.99. The van der Waals surface area contributed by atoms with Crippen molar-refractivity contribution in [1.29, 1.82) is 0 Å². The van der Waals surface area contributed by atoms with Crippen molar-refractivity contribution in [3.05, 3.63) is 35.4 Å². The van der Waals surface area contributed by atoms with Crippen LogP contribution >= 0.6 is 0 Å². The van der Waals surface area contributed by atoms with Crippen molar-refractivity contribution in [3.63, 3.8) is 0 Å². The highest BCUT2D eigenvalue weighted by molar-refractivity contribution is 6.35. The van der Waals surface area contributed by atoms with Crippen LogP contribution in [0.4, 0.5) is 0 Å². The molecular formula is C19H29N4O3+. The summed E-state index contributed by atoms with van der Waals surface area (Å²) in [5.74, 6) is -1.43. The maximum atomic E-state index is 11.8. The highest BCUT2D eigenvalue weighted by Crippen LogP contribution is 2.21. The predicted molar refractivity (Wildman–Crippen MR) is 100 cm³/mol. The number of hydrogen-bond acceptors (Lipinski definition) is 4. The van der Waals surface area contributed by atoms with Gasteiger partial charge < -0.3 is 15.0 Å². The van der Waals surface area contributed by atoms with Crippen LogP contribution in [0.25, 0.3) is 0 Å². The van der Waals surface area contributed by atoms with Crippen molar-refractivity contribution in [3.8, 4) is 0 Å². The van der Waals surface area contributed by atoms with Gasteiger partial charge in [-0.2, -0.15) is 5.10 Å². The van der Waals surface area contributed by atoms with Gasteiger partial charge in [-0.05, 0) is 16.5 Å². The smallest absolute Gasteiger partial charge is 0.329 e. The Morgan fingerprint density at radius 2 is 1.81 bits per heavy atom. The molecule has 1 aromatic rings. The molecule has 142 valence electrons. The molecule has 2 rings (SSSR count). The van der Waals surface area contributed by atoms with Crippen LogP contribution in [0.15, 0.2) is 29.4 Å². The molecule has 1 aromatic carbocycles. The number of nitrogens with one attached hydrogen (secondary N) is 3.